The molecule has 1 aliphatic rings. The van der Waals surface area contributed by atoms with Crippen molar-refractivity contribution >= 4 is 6.03 Å². The monoisotopic (exact) mass is 201 g/mol. The number of aliphatic hydroxyl groups is 1. The molecule has 2 N–H and O–H groups in total. The highest BCUT2D eigenvalue weighted by Gasteiger charge is 2.17. The van der Waals surface area contributed by atoms with E-state index in [2.05, 4.69) is 17.3 Å². The summed E-state index contributed by atoms with van der Waals surface area (Å²) in [5.74, 6) is 0. The van der Waals surface area contributed by atoms with E-state index in [-0.39, 0.29) is 12.6 Å². The summed E-state index contributed by atoms with van der Waals surface area (Å²) < 4.78 is 0. The van der Waals surface area contributed by atoms with Crippen molar-refractivity contribution in [2.45, 2.75) is 6.42 Å². The zero-order chi connectivity index (χ0) is 10.4. The maximum atomic E-state index is 11.5. The summed E-state index contributed by atoms with van der Waals surface area (Å²) in [5.41, 5.74) is 0. The van der Waals surface area contributed by atoms with Gasteiger partial charge in [0.2, 0.25) is 0 Å². The Bertz CT molecular complexity index is 179. The molecule has 5 heteroatoms. The van der Waals surface area contributed by atoms with Gasteiger partial charge >= 0.3 is 6.03 Å². The molecule has 0 aromatic rings. The van der Waals surface area contributed by atoms with E-state index in [1.807, 2.05) is 4.90 Å². The zero-order valence-electron chi connectivity index (χ0n) is 8.70. The largest absolute Gasteiger partial charge is 0.396 e. The van der Waals surface area contributed by atoms with Gasteiger partial charge in [0, 0.05) is 39.3 Å². The van der Waals surface area contributed by atoms with Crippen molar-refractivity contribution in [2.24, 2.45) is 0 Å². The number of hydrogen-bond donors (Lipinski definition) is 2. The second kappa shape index (κ2) is 5.82. The third kappa shape index (κ3) is 3.51. The number of rotatable bonds is 3. The molecule has 1 aliphatic heterocycles. The van der Waals surface area contributed by atoms with Gasteiger partial charge in [0.05, 0.1) is 0 Å². The Morgan fingerprint density at radius 1 is 1.36 bits per heavy atom. The van der Waals surface area contributed by atoms with Crippen LogP contribution in [-0.2, 0) is 0 Å². The fourth-order valence-corrected chi connectivity index (χ4v) is 1.40. The predicted molar refractivity (Wildman–Crippen MR) is 54.2 cm³/mol. The lowest BCUT2D eigenvalue weighted by Gasteiger charge is -2.32. The topological polar surface area (TPSA) is 55.8 Å². The summed E-state index contributed by atoms with van der Waals surface area (Å²) >= 11 is 0. The lowest BCUT2D eigenvalue weighted by atomic mass is 10.3. The van der Waals surface area contributed by atoms with Crippen molar-refractivity contribution in [2.75, 3.05) is 46.4 Å². The minimum Gasteiger partial charge on any atom is -0.396 e. The van der Waals surface area contributed by atoms with E-state index in [4.69, 9.17) is 5.11 Å². The molecule has 0 bridgehead atoms. The lowest BCUT2D eigenvalue weighted by Crippen LogP contribution is -2.50. The molecule has 0 unspecified atom stereocenters. The minimum atomic E-state index is -0.00782. The van der Waals surface area contributed by atoms with E-state index in [0.717, 1.165) is 26.2 Å². The molecule has 1 fully saturated rings. The third-order valence-electron chi connectivity index (χ3n) is 2.40. The molecule has 5 nitrogen and oxygen atoms in total. The molecule has 0 aromatic carbocycles. The fourth-order valence-electron chi connectivity index (χ4n) is 1.40. The maximum absolute atomic E-state index is 11.5. The van der Waals surface area contributed by atoms with Crippen LogP contribution in [0.3, 0.4) is 0 Å². The van der Waals surface area contributed by atoms with Crippen molar-refractivity contribution in [3.8, 4) is 0 Å². The summed E-state index contributed by atoms with van der Waals surface area (Å²) in [6.45, 7) is 4.15. The first-order valence-corrected chi connectivity index (χ1v) is 5.06. The normalized spacial score (nSPS) is 18.3. The molecule has 0 aliphatic carbocycles. The number of carbonyl (C=O) groups excluding carboxylic acids is 1. The first kappa shape index (κ1) is 11.3. The second-order valence-corrected chi connectivity index (χ2v) is 3.60. The summed E-state index contributed by atoms with van der Waals surface area (Å²) in [7, 11) is 2.06. The van der Waals surface area contributed by atoms with Crippen LogP contribution in [0.1, 0.15) is 6.42 Å². The number of hydrogen-bond acceptors (Lipinski definition) is 3. The third-order valence-corrected chi connectivity index (χ3v) is 2.40. The Hall–Kier alpha value is -0.810. The predicted octanol–water partition coefficient (Wildman–Crippen LogP) is -0.674. The van der Waals surface area contributed by atoms with Crippen molar-refractivity contribution < 1.29 is 9.90 Å². The minimum absolute atomic E-state index is 0.00782. The molecule has 0 aromatic heterocycles. The number of carbonyl (C=O) groups is 1. The summed E-state index contributed by atoms with van der Waals surface area (Å²) in [6, 6.07) is -0.00782. The number of nitrogens with zero attached hydrogens (tertiary/aromatic N) is 2. The van der Waals surface area contributed by atoms with Crippen molar-refractivity contribution in [3.05, 3.63) is 0 Å². The zero-order valence-corrected chi connectivity index (χ0v) is 8.70. The Labute approximate surface area is 84.7 Å². The highest BCUT2D eigenvalue weighted by molar-refractivity contribution is 5.74. The van der Waals surface area contributed by atoms with E-state index in [0.29, 0.717) is 13.0 Å². The van der Waals surface area contributed by atoms with Crippen molar-refractivity contribution in [1.82, 2.24) is 15.1 Å². The quantitative estimate of drug-likeness (QED) is 0.595. The van der Waals surface area contributed by atoms with Gasteiger partial charge in [0.15, 0.2) is 0 Å². The smallest absolute Gasteiger partial charge is 0.317 e. The molecule has 0 saturated carbocycles. The number of piperazine rings is 1. The number of amides is 2. The first-order valence-electron chi connectivity index (χ1n) is 5.06. The van der Waals surface area contributed by atoms with Crippen LogP contribution in [0.25, 0.3) is 0 Å². The van der Waals surface area contributed by atoms with E-state index in [1.165, 1.54) is 0 Å². The van der Waals surface area contributed by atoms with Gasteiger partial charge in [-0.15, -0.1) is 0 Å². The first-order chi connectivity index (χ1) is 6.74. The van der Waals surface area contributed by atoms with Gasteiger partial charge in [0.25, 0.3) is 0 Å². The molecule has 14 heavy (non-hydrogen) atoms. The van der Waals surface area contributed by atoms with Gasteiger partial charge < -0.3 is 20.2 Å². The summed E-state index contributed by atoms with van der Waals surface area (Å²) in [4.78, 5) is 15.5. The van der Waals surface area contributed by atoms with Crippen LogP contribution in [0.4, 0.5) is 4.79 Å². The van der Waals surface area contributed by atoms with Crippen LogP contribution in [0, 0.1) is 0 Å². The fraction of sp³-hybridized carbons (Fsp3) is 0.889. The Kier molecular flexibility index (Phi) is 4.69. The molecule has 0 radical (unpaired) electrons. The van der Waals surface area contributed by atoms with E-state index < -0.39 is 0 Å². The maximum Gasteiger partial charge on any atom is 0.317 e. The highest BCUT2D eigenvalue weighted by atomic mass is 16.3. The second-order valence-electron chi connectivity index (χ2n) is 3.60. The van der Waals surface area contributed by atoms with E-state index >= 15 is 0 Å². The number of likely N-dealkylation sites (N-methyl/N-ethyl adjacent to an activating group) is 1. The molecule has 1 saturated heterocycles. The number of urea groups is 1. The van der Waals surface area contributed by atoms with Crippen LogP contribution in [0.15, 0.2) is 0 Å². The SMILES string of the molecule is CN1CCN(C(=O)NCCCO)CC1. The van der Waals surface area contributed by atoms with Crippen molar-refractivity contribution in [1.29, 1.82) is 0 Å². The van der Waals surface area contributed by atoms with Crippen LogP contribution >= 0.6 is 0 Å². The average Bonchev–Trinajstić information content (AvgIpc) is 2.19. The Balaban J connectivity index is 2.17. The molecular formula is C9H19N3O2. The molecule has 1 rings (SSSR count). The lowest BCUT2D eigenvalue weighted by molar-refractivity contribution is 0.154. The molecular weight excluding hydrogens is 182 g/mol. The van der Waals surface area contributed by atoms with Crippen LogP contribution in [0.5, 0.6) is 0 Å². The van der Waals surface area contributed by atoms with Gasteiger partial charge in [-0.1, -0.05) is 0 Å². The van der Waals surface area contributed by atoms with Crippen LogP contribution in [-0.4, -0.2) is 67.3 Å². The van der Waals surface area contributed by atoms with Crippen molar-refractivity contribution in [3.63, 3.8) is 0 Å². The highest BCUT2D eigenvalue weighted by Crippen LogP contribution is 1.98. The Morgan fingerprint density at radius 3 is 2.57 bits per heavy atom. The Morgan fingerprint density at radius 2 is 2.00 bits per heavy atom. The van der Waals surface area contributed by atoms with E-state index in [1.54, 1.807) is 0 Å². The molecule has 0 spiro atoms. The number of aliphatic hydroxyl groups excluding tert-OH is 1. The molecule has 2 amide bonds. The van der Waals surface area contributed by atoms with Gasteiger partial charge in [-0.2, -0.15) is 0 Å². The van der Waals surface area contributed by atoms with Gasteiger partial charge in [-0.3, -0.25) is 0 Å². The molecule has 1 heterocycles. The standard InChI is InChI=1S/C9H19N3O2/c1-11-4-6-12(7-5-11)9(14)10-3-2-8-13/h13H,2-8H2,1H3,(H,10,14). The van der Waals surface area contributed by atoms with Gasteiger partial charge in [-0.25, -0.2) is 4.79 Å². The number of nitrogens with one attached hydrogen (secondary N) is 1. The van der Waals surface area contributed by atoms with Crippen LogP contribution < -0.4 is 5.32 Å². The summed E-state index contributed by atoms with van der Waals surface area (Å²) in [6.07, 6.45) is 0.624. The average molecular weight is 201 g/mol. The van der Waals surface area contributed by atoms with Gasteiger partial charge in [0.1, 0.15) is 0 Å². The van der Waals surface area contributed by atoms with Crippen LogP contribution in [0.2, 0.25) is 0 Å². The van der Waals surface area contributed by atoms with Gasteiger partial charge in [-0.05, 0) is 13.5 Å². The summed E-state index contributed by atoms with van der Waals surface area (Å²) in [5, 5.41) is 11.3. The molecule has 82 valence electrons. The molecule has 0 atom stereocenters. The van der Waals surface area contributed by atoms with E-state index in [9.17, 15) is 4.79 Å².